The van der Waals surface area contributed by atoms with Gasteiger partial charge in [-0.25, -0.2) is 0 Å². The van der Waals surface area contributed by atoms with Crippen LogP contribution in [-0.2, 0) is 0 Å². The Morgan fingerprint density at radius 1 is 1.60 bits per heavy atom. The van der Waals surface area contributed by atoms with E-state index in [1.165, 1.54) is 0 Å². The summed E-state index contributed by atoms with van der Waals surface area (Å²) in [6.45, 7) is 1.93. The van der Waals surface area contributed by atoms with Crippen molar-refractivity contribution < 1.29 is 34.7 Å². The Labute approximate surface area is 64.9 Å². The van der Waals surface area contributed by atoms with Crippen LogP contribution in [0.2, 0.25) is 0 Å². The molecule has 0 aromatic rings. The summed E-state index contributed by atoms with van der Waals surface area (Å²) in [5.41, 5.74) is 0. The molecule has 0 bridgehead atoms. The Kier molecular flexibility index (Phi) is 57.5. The number of hydrogen-bond acceptors (Lipinski definition) is 1. The van der Waals surface area contributed by atoms with Gasteiger partial charge in [-0.3, -0.25) is 0 Å². The quantitative estimate of drug-likeness (QED) is 0.352. The fourth-order valence-corrected chi connectivity index (χ4v) is 0. The molecule has 0 radical (unpaired) electrons. The van der Waals surface area contributed by atoms with Crippen molar-refractivity contribution in [1.29, 1.82) is 0 Å². The van der Waals surface area contributed by atoms with Gasteiger partial charge in [0.25, 0.3) is 0 Å². The van der Waals surface area contributed by atoms with E-state index >= 15 is 0 Å². The molecule has 0 aromatic heterocycles. The van der Waals surface area contributed by atoms with E-state index in [1.807, 2.05) is 0 Å². The summed E-state index contributed by atoms with van der Waals surface area (Å²) in [6, 6.07) is 0. The molecule has 0 fully saturated rings. The molecule has 0 aromatic carbocycles. The topological polar surface area (TPSA) is 20.2 Å². The minimum absolute atomic E-state index is 0. The Morgan fingerprint density at radius 3 is 1.60 bits per heavy atom. The fraction of sp³-hybridized carbons (Fsp3) is 1.00. The van der Waals surface area contributed by atoms with E-state index in [1.54, 1.807) is 6.92 Å². The molecule has 0 aliphatic carbocycles. The van der Waals surface area contributed by atoms with Gasteiger partial charge in [0, 0.05) is 6.61 Å². The molecule has 0 atom stereocenters. The van der Waals surface area contributed by atoms with E-state index in [0.717, 1.165) is 0 Å². The van der Waals surface area contributed by atoms with Crippen LogP contribution in [-0.4, -0.2) is 28.8 Å². The Balaban J connectivity index is -0.0000000200. The summed E-state index contributed by atoms with van der Waals surface area (Å²) < 4.78 is 0. The van der Waals surface area contributed by atoms with E-state index in [0.29, 0.717) is 0 Å². The zero-order chi connectivity index (χ0) is 2.71. The molecule has 0 spiro atoms. The summed E-state index contributed by atoms with van der Waals surface area (Å²) in [4.78, 5) is 0. The molecule has 1 nitrogen and oxygen atoms in total. The number of rotatable bonds is 0. The third-order valence-corrected chi connectivity index (χ3v) is 0. The third-order valence-electron chi connectivity index (χ3n) is 0. The van der Waals surface area contributed by atoms with Crippen molar-refractivity contribution in [3.05, 3.63) is 0 Å². The monoisotopic (exact) mass is 150 g/mol. The van der Waals surface area contributed by atoms with Crippen molar-refractivity contribution in [1.82, 2.24) is 0 Å². The van der Waals surface area contributed by atoms with Crippen LogP contribution in [0, 0.1) is 0 Å². The SMILES string of the molecule is CCO.[Na+].[SeH-]. The van der Waals surface area contributed by atoms with Gasteiger partial charge in [-0.1, -0.05) is 0 Å². The van der Waals surface area contributed by atoms with Crippen molar-refractivity contribution in [2.24, 2.45) is 0 Å². The second kappa shape index (κ2) is 17.9. The average Bonchev–Trinajstić information content (AvgIpc) is 0.918. The second-order valence-electron chi connectivity index (χ2n) is 0.316. The van der Waals surface area contributed by atoms with Gasteiger partial charge in [0.2, 0.25) is 0 Å². The Hall–Kier alpha value is 1.48. The molecule has 0 amide bonds. The van der Waals surface area contributed by atoms with Crippen LogP contribution in [0.15, 0.2) is 0 Å². The van der Waals surface area contributed by atoms with Gasteiger partial charge in [-0.15, -0.1) is 0 Å². The van der Waals surface area contributed by atoms with Gasteiger partial charge in [0.1, 0.15) is 0 Å². The van der Waals surface area contributed by atoms with Crippen LogP contribution in [0.5, 0.6) is 0 Å². The molecule has 0 heterocycles. The zero-order valence-corrected chi connectivity index (χ0v) is 7.48. The molecule has 5 heavy (non-hydrogen) atoms. The van der Waals surface area contributed by atoms with Crippen molar-refractivity contribution in [3.8, 4) is 0 Å². The van der Waals surface area contributed by atoms with E-state index < -0.39 is 0 Å². The van der Waals surface area contributed by atoms with E-state index in [-0.39, 0.29) is 53.2 Å². The first kappa shape index (κ1) is 16.1. The van der Waals surface area contributed by atoms with E-state index in [9.17, 15) is 0 Å². The van der Waals surface area contributed by atoms with E-state index in [2.05, 4.69) is 0 Å². The molecule has 28 valence electrons. The minimum atomic E-state index is 0. The molecule has 0 aliphatic heterocycles. The molecule has 1 N–H and O–H groups in total. The predicted molar refractivity (Wildman–Crippen MR) is 19.9 cm³/mol. The summed E-state index contributed by atoms with van der Waals surface area (Å²) >= 11 is 0. The van der Waals surface area contributed by atoms with Crippen molar-refractivity contribution in [2.75, 3.05) is 6.61 Å². The Bertz CT molecular complexity index is 9.61. The summed E-state index contributed by atoms with van der Waals surface area (Å²) in [5.74, 6) is 0. The molecule has 0 saturated carbocycles. The van der Waals surface area contributed by atoms with Crippen LogP contribution in [0.3, 0.4) is 0 Å². The maximum atomic E-state index is 7.57. The van der Waals surface area contributed by atoms with Gasteiger partial charge in [0.05, 0.1) is 0 Å². The van der Waals surface area contributed by atoms with Crippen LogP contribution >= 0.6 is 0 Å². The maximum absolute atomic E-state index is 7.57. The predicted octanol–water partition coefficient (Wildman–Crippen LogP) is -3.65. The van der Waals surface area contributed by atoms with Gasteiger partial charge in [-0.2, -0.15) is 0 Å². The fourth-order valence-electron chi connectivity index (χ4n) is 0. The molecular weight excluding hydrogens is 142 g/mol. The number of aliphatic hydroxyl groups excluding tert-OH is 1. The Morgan fingerprint density at radius 2 is 1.60 bits per heavy atom. The number of aliphatic hydroxyl groups is 1. The number of hydrogen-bond donors (Lipinski definition) is 1. The standard InChI is InChI=1S/C2H6O.Na.H2Se/c1-2-3;;/h3H,2H2,1H3;;1H2/q;+1;/p-1. The molecule has 0 aliphatic rings. The van der Waals surface area contributed by atoms with Crippen molar-refractivity contribution in [3.63, 3.8) is 0 Å². The van der Waals surface area contributed by atoms with Crippen LogP contribution in [0.4, 0.5) is 0 Å². The molecule has 0 rings (SSSR count). The molecule has 0 saturated heterocycles. The van der Waals surface area contributed by atoms with E-state index in [4.69, 9.17) is 5.11 Å². The van der Waals surface area contributed by atoms with Crippen molar-refractivity contribution in [2.45, 2.75) is 6.92 Å². The normalized spacial score (nSPS) is 3.60. The van der Waals surface area contributed by atoms with Gasteiger partial charge in [0.15, 0.2) is 0 Å². The average molecular weight is 149 g/mol. The summed E-state index contributed by atoms with van der Waals surface area (Å²) in [5, 5.41) is 7.57. The third kappa shape index (κ3) is 30.3. The first-order valence-electron chi connectivity index (χ1n) is 1.02. The molecule has 3 heteroatoms. The second-order valence-corrected chi connectivity index (χ2v) is 0.316. The van der Waals surface area contributed by atoms with Gasteiger partial charge >= 0.3 is 46.6 Å². The van der Waals surface area contributed by atoms with Crippen LogP contribution in [0.1, 0.15) is 6.92 Å². The first-order valence-corrected chi connectivity index (χ1v) is 1.02. The first-order chi connectivity index (χ1) is 1.41. The molecular formula is C2H7NaOSe. The zero-order valence-electron chi connectivity index (χ0n) is 3.60. The van der Waals surface area contributed by atoms with Crippen molar-refractivity contribution >= 4 is 17.1 Å². The van der Waals surface area contributed by atoms with Crippen LogP contribution in [0.25, 0.3) is 0 Å². The van der Waals surface area contributed by atoms with Crippen LogP contribution < -0.4 is 29.6 Å². The summed E-state index contributed by atoms with van der Waals surface area (Å²) in [6.07, 6.45) is 0. The van der Waals surface area contributed by atoms with Gasteiger partial charge < -0.3 is 5.11 Å². The van der Waals surface area contributed by atoms with Gasteiger partial charge in [-0.05, 0) is 6.92 Å². The summed E-state index contributed by atoms with van der Waals surface area (Å²) in [7, 11) is 0. The molecule has 0 unspecified atom stereocenters.